The zero-order valence-corrected chi connectivity index (χ0v) is 29.3. The number of fused-ring (bicyclic) bond motifs is 1. The topological polar surface area (TPSA) is 268 Å². The van der Waals surface area contributed by atoms with Gasteiger partial charge in [-0.3, -0.25) is 32.9 Å². The summed E-state index contributed by atoms with van der Waals surface area (Å²) >= 11 is 4.04. The number of aliphatic hydroxyl groups is 3. The highest BCUT2D eigenvalue weighted by Gasteiger charge is 2.38. The molecule has 4 aromatic rings. The van der Waals surface area contributed by atoms with Gasteiger partial charge in [0.2, 0.25) is 0 Å². The molecule has 5 N–H and O–H groups in total. The van der Waals surface area contributed by atoms with E-state index in [1.54, 1.807) is 11.5 Å². The second-order valence-corrected chi connectivity index (χ2v) is 14.2. The molecule has 7 atom stereocenters. The highest BCUT2D eigenvalue weighted by atomic mass is 32.7. The van der Waals surface area contributed by atoms with E-state index in [9.17, 15) is 34.6 Å². The zero-order valence-electron chi connectivity index (χ0n) is 27.5. The second-order valence-electron chi connectivity index (χ2n) is 11.4. The Morgan fingerprint density at radius 2 is 2.04 bits per heavy atom. The molecule has 5 rings (SSSR count). The molecule has 5 heterocycles. The molecular weight excluding hydrogens is 715 g/mol. The molecule has 1 unspecified atom stereocenters. The van der Waals surface area contributed by atoms with Crippen molar-refractivity contribution >= 4 is 42.2 Å². The summed E-state index contributed by atoms with van der Waals surface area (Å²) in [5, 5.41) is 40.9. The van der Waals surface area contributed by atoms with Crippen LogP contribution in [0.1, 0.15) is 42.6 Å². The Labute approximate surface area is 294 Å². The van der Waals surface area contributed by atoms with E-state index in [0.717, 1.165) is 10.6 Å². The van der Waals surface area contributed by atoms with Gasteiger partial charge in [0, 0.05) is 49.3 Å². The number of hydrogen-bond donors (Lipinski definition) is 6. The first-order valence-corrected chi connectivity index (χ1v) is 18.1. The molecule has 1 aliphatic heterocycles. The van der Waals surface area contributed by atoms with E-state index in [1.165, 1.54) is 45.3 Å². The highest BCUT2D eigenvalue weighted by molar-refractivity contribution is 8.44. The number of nitrogens with zero attached hydrogens (tertiary/aromatic N) is 7. The van der Waals surface area contributed by atoms with Crippen molar-refractivity contribution in [3.63, 3.8) is 0 Å². The number of aromatic amines is 1. The second kappa shape index (κ2) is 16.6. The van der Waals surface area contributed by atoms with Gasteiger partial charge in [-0.1, -0.05) is 12.2 Å². The molecule has 0 aliphatic carbocycles. The summed E-state index contributed by atoms with van der Waals surface area (Å²) in [5.41, 5.74) is 0.236. The van der Waals surface area contributed by atoms with Gasteiger partial charge in [0.25, 0.3) is 5.56 Å². The molecule has 1 aliphatic rings. The van der Waals surface area contributed by atoms with Crippen LogP contribution in [0.5, 0.6) is 5.75 Å². The van der Waals surface area contributed by atoms with Gasteiger partial charge >= 0.3 is 12.5 Å². The van der Waals surface area contributed by atoms with Crippen LogP contribution in [-0.2, 0) is 34.4 Å². The van der Waals surface area contributed by atoms with Gasteiger partial charge in [-0.05, 0) is 13.8 Å². The number of ether oxygens (including phenoxy) is 3. The molecule has 0 spiro atoms. The van der Waals surface area contributed by atoms with Gasteiger partial charge in [-0.2, -0.15) is 0 Å². The Morgan fingerprint density at radius 1 is 1.25 bits per heavy atom. The molecule has 0 aromatic carbocycles. The van der Waals surface area contributed by atoms with Gasteiger partial charge < -0.3 is 34.6 Å². The lowest BCUT2D eigenvalue weighted by Crippen LogP contribution is -2.40. The van der Waals surface area contributed by atoms with E-state index >= 15 is 0 Å². The first-order valence-electron chi connectivity index (χ1n) is 15.4. The molecule has 1 saturated heterocycles. The largest absolute Gasteiger partial charge is 0.505 e. The van der Waals surface area contributed by atoms with Crippen molar-refractivity contribution < 1.29 is 48.2 Å². The Hall–Kier alpha value is -3.89. The summed E-state index contributed by atoms with van der Waals surface area (Å²) < 4.78 is 43.7. The number of H-pyrrole nitrogens is 1. The molecular formula is C29H37N8O12PS. The molecule has 0 amide bonds. The average Bonchev–Trinajstić information content (AvgIpc) is 3.69. The number of aromatic hydroxyl groups is 1. The maximum atomic E-state index is 13.2. The van der Waals surface area contributed by atoms with Gasteiger partial charge in [-0.15, -0.1) is 0 Å². The molecule has 0 saturated carbocycles. The number of aliphatic imine (C=N–C) groups is 1. The van der Waals surface area contributed by atoms with Crippen LogP contribution in [-0.4, -0.2) is 112 Å². The molecule has 51 heavy (non-hydrogen) atoms. The fourth-order valence-electron chi connectivity index (χ4n) is 5.19. The third-order valence-electron chi connectivity index (χ3n) is 7.91. The van der Waals surface area contributed by atoms with Gasteiger partial charge in [0.05, 0.1) is 50.7 Å². The lowest BCUT2D eigenvalue weighted by atomic mass is 10.1. The Morgan fingerprint density at radius 3 is 2.75 bits per heavy atom. The normalized spacial score (nSPS) is 20.9. The number of aliphatic hydroxyl groups excluding tert-OH is 3. The fraction of sp³-hybridized carbons (Fsp3) is 0.483. The summed E-state index contributed by atoms with van der Waals surface area (Å²) in [7, 11) is 1.36. The van der Waals surface area contributed by atoms with Gasteiger partial charge in [-0.25, -0.2) is 29.3 Å². The molecule has 22 heteroatoms. The Kier molecular flexibility index (Phi) is 12.5. The smallest absolute Gasteiger partial charge is 0.386 e. The third kappa shape index (κ3) is 8.95. The first kappa shape index (κ1) is 38.3. The number of nitrogens with one attached hydrogen (secondary N) is 1. The van der Waals surface area contributed by atoms with Crippen LogP contribution in [0.4, 0.5) is 5.82 Å². The molecule has 1 fully saturated rings. The minimum absolute atomic E-state index is 0.0890. The maximum Gasteiger partial charge on any atom is 0.386 e. The van der Waals surface area contributed by atoms with Gasteiger partial charge in [0.15, 0.2) is 23.2 Å². The summed E-state index contributed by atoms with van der Waals surface area (Å²) in [6.45, 7) is -2.61. The van der Waals surface area contributed by atoms with Crippen LogP contribution in [0, 0.1) is 6.92 Å². The van der Waals surface area contributed by atoms with E-state index in [4.69, 9.17) is 23.3 Å². The molecule has 20 nitrogen and oxygen atoms in total. The van der Waals surface area contributed by atoms with Gasteiger partial charge in [0.1, 0.15) is 30.5 Å². The monoisotopic (exact) mass is 752 g/mol. The Bertz CT molecular complexity index is 2030. The first-order chi connectivity index (χ1) is 24.3. The lowest BCUT2D eigenvalue weighted by molar-refractivity contribution is -0.135. The van der Waals surface area contributed by atoms with Crippen molar-refractivity contribution in [2.45, 2.75) is 63.7 Å². The molecule has 0 radical (unpaired) electrons. The number of pyridine rings is 1. The quantitative estimate of drug-likeness (QED) is 0.0521. The predicted octanol–water partition coefficient (Wildman–Crippen LogP) is 0.659. The van der Waals surface area contributed by atoms with Crippen molar-refractivity contribution in [1.82, 2.24) is 34.1 Å². The third-order valence-corrected chi connectivity index (χ3v) is 9.61. The SMILES string of the molecule is COC[C@@H](O[C@H](CO)[C@@H](C)OP(=O)(S)OC[C@H]1O[C@@H](n2cnc3c(/N=C\c4c(CO)cnc(C)c4O)ncnc32)C[C@H]1O)n1ccc(=O)[nH]c1=O. The number of rotatable bonds is 16. The number of aryl methyl sites for hydroxylation is 1. The van der Waals surface area contributed by atoms with E-state index in [2.05, 4.69) is 42.2 Å². The van der Waals surface area contributed by atoms with Crippen molar-refractivity contribution in [2.24, 2.45) is 4.99 Å². The van der Waals surface area contributed by atoms with Crippen LogP contribution in [0.2, 0.25) is 0 Å². The van der Waals surface area contributed by atoms with E-state index < -0.39 is 68.1 Å². The van der Waals surface area contributed by atoms with Crippen molar-refractivity contribution in [3.05, 3.63) is 68.8 Å². The number of hydrogen-bond acceptors (Lipinski definition) is 17. The van der Waals surface area contributed by atoms with Crippen molar-refractivity contribution in [2.75, 3.05) is 26.9 Å². The maximum absolute atomic E-state index is 13.2. The summed E-state index contributed by atoms with van der Waals surface area (Å²) in [5.74, 6) is 0.0351. The van der Waals surface area contributed by atoms with Crippen LogP contribution in [0.25, 0.3) is 11.2 Å². The number of thiol groups is 1. The minimum Gasteiger partial charge on any atom is -0.505 e. The lowest BCUT2D eigenvalue weighted by Gasteiger charge is -2.29. The Balaban J connectivity index is 1.22. The standard InChI is InChI=1S/C29H37N8O12PS/c1-15-26(42)18(17(9-38)7-30-15)8-31-27-25-28(33-13-32-27)37(14-34-25)23-6-19(40)21(48-23)11-46-50(44,51)49-16(2)20(10-39)47-24(12-45-3)36-5-4-22(41)35-29(36)43/h4-5,7-8,13-14,16,19-21,23-24,38-40,42H,6,9-12H2,1-3H3,(H,44,51)(H,35,41,43)/b31-8-/t16-,19-,20-,21-,23-,24-,50?/m1/s1. The summed E-state index contributed by atoms with van der Waals surface area (Å²) in [6, 6.07) is 1.11. The van der Waals surface area contributed by atoms with E-state index in [0.29, 0.717) is 22.4 Å². The van der Waals surface area contributed by atoms with E-state index in [-0.39, 0.29) is 36.8 Å². The molecule has 276 valence electrons. The summed E-state index contributed by atoms with van der Waals surface area (Å²) in [4.78, 5) is 47.1. The highest BCUT2D eigenvalue weighted by Crippen LogP contribution is 2.55. The van der Waals surface area contributed by atoms with E-state index in [1.807, 2.05) is 0 Å². The molecule has 0 bridgehead atoms. The summed E-state index contributed by atoms with van der Waals surface area (Å²) in [6.07, 6.45) is 0.653. The number of methoxy groups -OCH3 is 1. The van der Waals surface area contributed by atoms with Crippen molar-refractivity contribution in [1.29, 1.82) is 0 Å². The van der Waals surface area contributed by atoms with Crippen LogP contribution in [0.15, 0.2) is 45.7 Å². The van der Waals surface area contributed by atoms with Crippen LogP contribution in [0.3, 0.4) is 0 Å². The predicted molar refractivity (Wildman–Crippen MR) is 181 cm³/mol. The number of imidazole rings is 1. The van der Waals surface area contributed by atoms with Crippen molar-refractivity contribution in [3.8, 4) is 5.75 Å². The van der Waals surface area contributed by atoms with Crippen LogP contribution >= 0.6 is 19.0 Å². The average molecular weight is 753 g/mol. The fourth-order valence-corrected chi connectivity index (χ4v) is 6.79. The molecule has 4 aromatic heterocycles. The minimum atomic E-state index is -4.14. The van der Waals surface area contributed by atoms with Crippen LogP contribution < -0.4 is 11.2 Å². The number of aromatic nitrogens is 7. The zero-order chi connectivity index (χ0) is 36.9.